The van der Waals surface area contributed by atoms with E-state index in [1.165, 1.54) is 0 Å². The highest BCUT2D eigenvalue weighted by Gasteiger charge is 2.34. The summed E-state index contributed by atoms with van der Waals surface area (Å²) in [6, 6.07) is 13.4. The van der Waals surface area contributed by atoms with Crippen LogP contribution in [-0.4, -0.2) is 41.7 Å². The number of halogens is 1. The fourth-order valence-corrected chi connectivity index (χ4v) is 4.99. The third-order valence-corrected chi connectivity index (χ3v) is 7.35. The minimum Gasteiger partial charge on any atom is -0.337 e. The highest BCUT2D eigenvalue weighted by atomic mass is 35.5. The third kappa shape index (κ3) is 4.80. The van der Waals surface area contributed by atoms with Gasteiger partial charge in [0.15, 0.2) is 9.84 Å². The first kappa shape index (κ1) is 21.5. The fraction of sp³-hybridized carbons (Fsp3) is 0.318. The summed E-state index contributed by atoms with van der Waals surface area (Å²) in [4.78, 5) is 19.2. The zero-order valence-corrected chi connectivity index (χ0v) is 18.6. The van der Waals surface area contributed by atoms with Crippen LogP contribution >= 0.6 is 11.6 Å². The molecule has 2 heterocycles. The Bertz CT molecular complexity index is 1170. The number of aryl methyl sites for hydroxylation is 1. The second kappa shape index (κ2) is 8.80. The molecule has 1 aliphatic rings. The number of carbonyl (C=O) groups excluding carboxylic acids is 1. The average Bonchev–Trinajstić information content (AvgIpc) is 3.42. The Morgan fingerprint density at radius 1 is 1.16 bits per heavy atom. The van der Waals surface area contributed by atoms with Gasteiger partial charge in [0.2, 0.25) is 17.6 Å². The van der Waals surface area contributed by atoms with Crippen LogP contribution in [0.3, 0.4) is 0 Å². The van der Waals surface area contributed by atoms with E-state index in [0.717, 1.165) is 17.5 Å². The normalized spacial score (nSPS) is 16.6. The molecule has 1 aliphatic heterocycles. The second-order valence-electron chi connectivity index (χ2n) is 7.59. The molecule has 0 radical (unpaired) electrons. The first-order valence-electron chi connectivity index (χ1n) is 10.0. The molecule has 9 heteroatoms. The van der Waals surface area contributed by atoms with Crippen molar-refractivity contribution in [1.82, 2.24) is 15.0 Å². The van der Waals surface area contributed by atoms with Crippen LogP contribution in [0.15, 0.2) is 57.9 Å². The standard InChI is InChI=1S/C22H22ClN3O4S/c1-15-4-10-18(11-5-15)31(28,29)14-12-20(27)26-13-2-3-19(26)22-24-21(25-30-22)16-6-8-17(23)9-7-16/h4-11,19H,2-3,12-14H2,1H3. The number of aromatic nitrogens is 2. The van der Waals surface area contributed by atoms with Gasteiger partial charge in [0.1, 0.15) is 6.04 Å². The molecule has 1 saturated heterocycles. The Kier molecular flexibility index (Phi) is 6.11. The van der Waals surface area contributed by atoms with E-state index in [1.807, 2.05) is 6.92 Å². The number of benzene rings is 2. The number of hydrogen-bond acceptors (Lipinski definition) is 6. The maximum Gasteiger partial charge on any atom is 0.249 e. The van der Waals surface area contributed by atoms with Gasteiger partial charge >= 0.3 is 0 Å². The number of nitrogens with zero attached hydrogens (tertiary/aromatic N) is 3. The van der Waals surface area contributed by atoms with Crippen LogP contribution in [0.2, 0.25) is 5.02 Å². The number of carbonyl (C=O) groups is 1. The predicted octanol–water partition coefficient (Wildman–Crippen LogP) is 4.23. The first-order valence-corrected chi connectivity index (χ1v) is 12.0. The Morgan fingerprint density at radius 3 is 2.58 bits per heavy atom. The Hall–Kier alpha value is -2.71. The van der Waals surface area contributed by atoms with Crippen molar-refractivity contribution in [2.24, 2.45) is 0 Å². The highest BCUT2D eigenvalue weighted by molar-refractivity contribution is 7.91. The number of hydrogen-bond donors (Lipinski definition) is 0. The summed E-state index contributed by atoms with van der Waals surface area (Å²) in [7, 11) is -3.53. The lowest BCUT2D eigenvalue weighted by Gasteiger charge is -2.21. The quantitative estimate of drug-likeness (QED) is 0.547. The van der Waals surface area contributed by atoms with Crippen molar-refractivity contribution in [3.05, 3.63) is 65.0 Å². The van der Waals surface area contributed by atoms with Gasteiger partial charge in [-0.05, 0) is 56.2 Å². The van der Waals surface area contributed by atoms with Crippen LogP contribution in [0.1, 0.15) is 36.8 Å². The van der Waals surface area contributed by atoms with Gasteiger partial charge in [-0.3, -0.25) is 4.79 Å². The van der Waals surface area contributed by atoms with Gasteiger partial charge in [-0.15, -0.1) is 0 Å². The minimum absolute atomic E-state index is 0.0924. The topological polar surface area (TPSA) is 93.4 Å². The van der Waals surface area contributed by atoms with E-state index in [0.29, 0.717) is 29.7 Å². The largest absolute Gasteiger partial charge is 0.337 e. The van der Waals surface area contributed by atoms with Crippen LogP contribution in [0, 0.1) is 6.92 Å². The summed E-state index contributed by atoms with van der Waals surface area (Å²) in [5.41, 5.74) is 1.74. The van der Waals surface area contributed by atoms with Gasteiger partial charge in [-0.2, -0.15) is 4.98 Å². The smallest absolute Gasteiger partial charge is 0.249 e. The molecule has 0 N–H and O–H groups in total. The summed E-state index contributed by atoms with van der Waals surface area (Å²) in [6.45, 7) is 2.43. The average molecular weight is 460 g/mol. The molecule has 0 saturated carbocycles. The molecule has 1 amide bonds. The molecule has 7 nitrogen and oxygen atoms in total. The van der Waals surface area contributed by atoms with E-state index in [-0.39, 0.29) is 29.0 Å². The number of sulfone groups is 1. The molecule has 1 fully saturated rings. The van der Waals surface area contributed by atoms with E-state index < -0.39 is 9.84 Å². The van der Waals surface area contributed by atoms with E-state index in [1.54, 1.807) is 53.4 Å². The third-order valence-electron chi connectivity index (χ3n) is 5.37. The molecule has 0 spiro atoms. The van der Waals surface area contributed by atoms with Crippen LogP contribution < -0.4 is 0 Å². The molecular formula is C22H22ClN3O4S. The summed E-state index contributed by atoms with van der Waals surface area (Å²) in [5.74, 6) is 0.312. The zero-order valence-electron chi connectivity index (χ0n) is 17.0. The van der Waals surface area contributed by atoms with Gasteiger partial charge in [0.05, 0.1) is 10.6 Å². The molecule has 1 unspecified atom stereocenters. The van der Waals surface area contributed by atoms with Gasteiger partial charge < -0.3 is 9.42 Å². The van der Waals surface area contributed by atoms with Crippen molar-refractivity contribution in [1.29, 1.82) is 0 Å². The van der Waals surface area contributed by atoms with Crippen molar-refractivity contribution in [2.75, 3.05) is 12.3 Å². The van der Waals surface area contributed by atoms with Crippen LogP contribution in [0.25, 0.3) is 11.4 Å². The highest BCUT2D eigenvalue weighted by Crippen LogP contribution is 2.33. The molecule has 162 valence electrons. The number of amides is 1. The van der Waals surface area contributed by atoms with Crippen molar-refractivity contribution >= 4 is 27.3 Å². The summed E-state index contributed by atoms with van der Waals surface area (Å²) in [5, 5.41) is 4.64. The maximum atomic E-state index is 12.8. The lowest BCUT2D eigenvalue weighted by molar-refractivity contribution is -0.132. The minimum atomic E-state index is -3.53. The molecule has 0 bridgehead atoms. The molecule has 1 atom stereocenters. The van der Waals surface area contributed by atoms with E-state index in [2.05, 4.69) is 10.1 Å². The Labute approximate surface area is 185 Å². The molecule has 3 aromatic rings. The van der Waals surface area contributed by atoms with E-state index in [4.69, 9.17) is 16.1 Å². The van der Waals surface area contributed by atoms with Gasteiger partial charge in [-0.25, -0.2) is 8.42 Å². The first-order chi connectivity index (χ1) is 14.8. The maximum absolute atomic E-state index is 12.8. The lowest BCUT2D eigenvalue weighted by Crippen LogP contribution is -2.32. The van der Waals surface area contributed by atoms with Gasteiger partial charge in [0, 0.05) is 23.6 Å². The number of rotatable bonds is 6. The van der Waals surface area contributed by atoms with Crippen molar-refractivity contribution in [2.45, 2.75) is 37.1 Å². The number of likely N-dealkylation sites (tertiary alicyclic amines) is 1. The summed E-state index contributed by atoms with van der Waals surface area (Å²) < 4.78 is 30.6. The van der Waals surface area contributed by atoms with Crippen molar-refractivity contribution in [3.63, 3.8) is 0 Å². The lowest BCUT2D eigenvalue weighted by atomic mass is 10.2. The molecule has 0 aliphatic carbocycles. The van der Waals surface area contributed by atoms with Crippen LogP contribution in [0.5, 0.6) is 0 Å². The van der Waals surface area contributed by atoms with E-state index in [9.17, 15) is 13.2 Å². The Morgan fingerprint density at radius 2 is 1.87 bits per heavy atom. The monoisotopic (exact) mass is 459 g/mol. The Balaban J connectivity index is 1.44. The molecular weight excluding hydrogens is 438 g/mol. The zero-order chi connectivity index (χ0) is 22.0. The fourth-order valence-electron chi connectivity index (χ4n) is 3.64. The van der Waals surface area contributed by atoms with Gasteiger partial charge in [0.25, 0.3) is 0 Å². The van der Waals surface area contributed by atoms with Crippen LogP contribution in [0.4, 0.5) is 0 Å². The van der Waals surface area contributed by atoms with Crippen molar-refractivity contribution < 1.29 is 17.7 Å². The summed E-state index contributed by atoms with van der Waals surface area (Å²) >= 11 is 5.92. The molecule has 1 aromatic heterocycles. The van der Waals surface area contributed by atoms with Crippen molar-refractivity contribution in [3.8, 4) is 11.4 Å². The van der Waals surface area contributed by atoms with E-state index >= 15 is 0 Å². The predicted molar refractivity (Wildman–Crippen MR) is 116 cm³/mol. The van der Waals surface area contributed by atoms with Crippen LogP contribution in [-0.2, 0) is 14.6 Å². The molecule has 31 heavy (non-hydrogen) atoms. The second-order valence-corrected chi connectivity index (χ2v) is 10.1. The SMILES string of the molecule is Cc1ccc(S(=O)(=O)CCC(=O)N2CCCC2c2nc(-c3ccc(Cl)cc3)no2)cc1. The van der Waals surface area contributed by atoms with Gasteiger partial charge in [-0.1, -0.05) is 34.5 Å². The molecule has 4 rings (SSSR count). The molecule has 2 aromatic carbocycles. The summed E-state index contributed by atoms with van der Waals surface area (Å²) in [6.07, 6.45) is 1.39.